The second kappa shape index (κ2) is 8.72. The average Bonchev–Trinajstić information content (AvgIpc) is 3.53. The van der Waals surface area contributed by atoms with Crippen LogP contribution in [0.4, 0.5) is 5.69 Å². The monoisotopic (exact) mass is 464 g/mol. The summed E-state index contributed by atoms with van der Waals surface area (Å²) in [6.45, 7) is 1.27. The highest BCUT2D eigenvalue weighted by atomic mass is 16.5. The van der Waals surface area contributed by atoms with Crippen molar-refractivity contribution in [3.8, 4) is 5.75 Å². The van der Waals surface area contributed by atoms with Crippen LogP contribution < -0.4 is 15.2 Å². The van der Waals surface area contributed by atoms with E-state index in [0.717, 1.165) is 40.9 Å². The van der Waals surface area contributed by atoms with E-state index < -0.39 is 6.04 Å². The van der Waals surface area contributed by atoms with Crippen molar-refractivity contribution in [2.45, 2.75) is 19.0 Å². The SMILES string of the molecule is COc1ccc2[nH]c(=O)c([C@@H](c3nnnn3Cc3ccccc3)N3CCc4ccccc43)cc2c1. The van der Waals surface area contributed by atoms with Crippen LogP contribution in [0.3, 0.4) is 0 Å². The van der Waals surface area contributed by atoms with E-state index in [2.05, 4.69) is 37.5 Å². The van der Waals surface area contributed by atoms with E-state index in [1.807, 2.05) is 66.7 Å². The Bertz CT molecular complexity index is 1560. The number of nitrogens with one attached hydrogen (secondary N) is 1. The van der Waals surface area contributed by atoms with Crippen molar-refractivity contribution in [2.24, 2.45) is 0 Å². The number of aromatic nitrogens is 5. The molecule has 8 nitrogen and oxygen atoms in total. The van der Waals surface area contributed by atoms with Gasteiger partial charge in [-0.05, 0) is 58.3 Å². The van der Waals surface area contributed by atoms with Crippen LogP contribution in [-0.4, -0.2) is 38.8 Å². The number of methoxy groups -OCH3 is 1. The molecule has 3 aromatic carbocycles. The highest BCUT2D eigenvalue weighted by Gasteiger charge is 2.34. The van der Waals surface area contributed by atoms with Gasteiger partial charge in [-0.3, -0.25) is 4.79 Å². The molecule has 1 N–H and O–H groups in total. The number of aromatic amines is 1. The Morgan fingerprint density at radius 3 is 2.71 bits per heavy atom. The summed E-state index contributed by atoms with van der Waals surface area (Å²) in [5.74, 6) is 1.35. The van der Waals surface area contributed by atoms with Crippen molar-refractivity contribution in [2.75, 3.05) is 18.6 Å². The van der Waals surface area contributed by atoms with E-state index in [1.165, 1.54) is 5.56 Å². The van der Waals surface area contributed by atoms with E-state index in [-0.39, 0.29) is 5.56 Å². The minimum Gasteiger partial charge on any atom is -0.497 e. The fraction of sp³-hybridized carbons (Fsp3) is 0.185. The summed E-state index contributed by atoms with van der Waals surface area (Å²) < 4.78 is 7.21. The molecule has 1 aliphatic rings. The number of nitrogens with zero attached hydrogens (tertiary/aromatic N) is 5. The molecule has 5 aromatic rings. The average molecular weight is 465 g/mol. The molecule has 0 aliphatic carbocycles. The summed E-state index contributed by atoms with van der Waals surface area (Å²) in [7, 11) is 1.63. The summed E-state index contributed by atoms with van der Waals surface area (Å²) >= 11 is 0. The maximum atomic E-state index is 13.5. The molecule has 35 heavy (non-hydrogen) atoms. The highest BCUT2D eigenvalue weighted by Crippen LogP contribution is 2.37. The minimum atomic E-state index is -0.461. The molecule has 0 amide bonds. The first-order valence-corrected chi connectivity index (χ1v) is 11.6. The van der Waals surface area contributed by atoms with Crippen LogP contribution in [0.15, 0.2) is 83.7 Å². The van der Waals surface area contributed by atoms with Crippen LogP contribution in [0.1, 0.15) is 28.6 Å². The second-order valence-corrected chi connectivity index (χ2v) is 8.66. The summed E-state index contributed by atoms with van der Waals surface area (Å²) in [5.41, 5.74) is 4.61. The molecule has 2 aromatic heterocycles. The molecule has 0 unspecified atom stereocenters. The number of hydrogen-bond acceptors (Lipinski definition) is 6. The van der Waals surface area contributed by atoms with Crippen LogP contribution in [0, 0.1) is 0 Å². The predicted molar refractivity (Wildman–Crippen MR) is 134 cm³/mol. The number of para-hydroxylation sites is 1. The first-order chi connectivity index (χ1) is 17.2. The summed E-state index contributed by atoms with van der Waals surface area (Å²) in [5, 5.41) is 13.6. The van der Waals surface area contributed by atoms with Gasteiger partial charge in [-0.15, -0.1) is 5.10 Å². The van der Waals surface area contributed by atoms with Crippen LogP contribution in [0.25, 0.3) is 10.9 Å². The lowest BCUT2D eigenvalue weighted by Gasteiger charge is -2.29. The molecule has 174 valence electrons. The fourth-order valence-electron chi connectivity index (χ4n) is 4.89. The normalized spacial score (nSPS) is 13.7. The number of H-pyrrole nitrogens is 1. The quantitative estimate of drug-likeness (QED) is 0.412. The number of rotatable bonds is 6. The second-order valence-electron chi connectivity index (χ2n) is 8.66. The number of anilines is 1. The first-order valence-electron chi connectivity index (χ1n) is 11.6. The van der Waals surface area contributed by atoms with Gasteiger partial charge >= 0.3 is 0 Å². The van der Waals surface area contributed by atoms with Gasteiger partial charge in [0.1, 0.15) is 11.8 Å². The fourth-order valence-corrected chi connectivity index (χ4v) is 4.89. The number of benzene rings is 3. The summed E-state index contributed by atoms with van der Waals surface area (Å²) in [6.07, 6.45) is 0.895. The standard InChI is InChI=1S/C27H24N6O2/c1-35-21-11-12-23-20(15-21)16-22(27(34)28-23)25(32-14-13-19-9-5-6-10-24(19)32)26-29-30-31-33(26)17-18-7-3-2-4-8-18/h2-12,15-16,25H,13-14,17H2,1H3,(H,28,34)/t25-/m0/s1. The van der Waals surface area contributed by atoms with Crippen molar-refractivity contribution < 1.29 is 4.74 Å². The van der Waals surface area contributed by atoms with Crippen molar-refractivity contribution in [3.05, 3.63) is 112 Å². The first kappa shape index (κ1) is 21.1. The third-order valence-electron chi connectivity index (χ3n) is 6.59. The third-order valence-corrected chi connectivity index (χ3v) is 6.59. The van der Waals surface area contributed by atoms with Crippen molar-refractivity contribution >= 4 is 16.6 Å². The molecule has 6 rings (SSSR count). The Labute approximate surface area is 201 Å². The van der Waals surface area contributed by atoms with Crippen LogP contribution in [0.5, 0.6) is 5.75 Å². The highest BCUT2D eigenvalue weighted by molar-refractivity contribution is 5.81. The zero-order chi connectivity index (χ0) is 23.8. The lowest BCUT2D eigenvalue weighted by molar-refractivity contribution is 0.415. The summed E-state index contributed by atoms with van der Waals surface area (Å²) in [4.78, 5) is 18.8. The molecule has 0 radical (unpaired) electrons. The number of fused-ring (bicyclic) bond motifs is 2. The third kappa shape index (κ3) is 3.82. The molecular formula is C27H24N6O2. The van der Waals surface area contributed by atoms with E-state index in [9.17, 15) is 4.79 Å². The van der Waals surface area contributed by atoms with E-state index in [1.54, 1.807) is 11.8 Å². The number of tetrazole rings is 1. The molecule has 0 saturated heterocycles. The van der Waals surface area contributed by atoms with Gasteiger partial charge in [-0.25, -0.2) is 4.68 Å². The molecule has 0 fully saturated rings. The van der Waals surface area contributed by atoms with Gasteiger partial charge in [0.05, 0.1) is 13.7 Å². The predicted octanol–water partition coefficient (Wildman–Crippen LogP) is 3.72. The van der Waals surface area contributed by atoms with Crippen molar-refractivity contribution in [1.29, 1.82) is 0 Å². The maximum absolute atomic E-state index is 13.5. The number of hydrogen-bond donors (Lipinski definition) is 1. The van der Waals surface area contributed by atoms with Gasteiger partial charge in [0.25, 0.3) is 5.56 Å². The van der Waals surface area contributed by atoms with Crippen LogP contribution >= 0.6 is 0 Å². The molecule has 0 bridgehead atoms. The van der Waals surface area contributed by atoms with Gasteiger partial charge < -0.3 is 14.6 Å². The molecule has 0 spiro atoms. The Balaban J connectivity index is 1.53. The van der Waals surface area contributed by atoms with Crippen LogP contribution in [-0.2, 0) is 13.0 Å². The van der Waals surface area contributed by atoms with Gasteiger partial charge in [-0.2, -0.15) is 0 Å². The van der Waals surface area contributed by atoms with Gasteiger partial charge in [0.15, 0.2) is 5.82 Å². The number of pyridine rings is 1. The maximum Gasteiger partial charge on any atom is 0.254 e. The Morgan fingerprint density at radius 2 is 1.86 bits per heavy atom. The smallest absolute Gasteiger partial charge is 0.254 e. The zero-order valence-electron chi connectivity index (χ0n) is 19.3. The molecule has 8 heteroatoms. The molecular weight excluding hydrogens is 440 g/mol. The topological polar surface area (TPSA) is 88.9 Å². The van der Waals surface area contributed by atoms with E-state index >= 15 is 0 Å². The molecule has 1 atom stereocenters. The molecule has 3 heterocycles. The molecule has 1 aliphatic heterocycles. The van der Waals surface area contributed by atoms with E-state index in [4.69, 9.17) is 4.74 Å². The van der Waals surface area contributed by atoms with Gasteiger partial charge in [0.2, 0.25) is 0 Å². The largest absolute Gasteiger partial charge is 0.497 e. The minimum absolute atomic E-state index is 0.161. The lowest BCUT2D eigenvalue weighted by Crippen LogP contribution is -2.34. The summed E-state index contributed by atoms with van der Waals surface area (Å²) in [6, 6.07) is 25.5. The zero-order valence-corrected chi connectivity index (χ0v) is 19.3. The van der Waals surface area contributed by atoms with Gasteiger partial charge in [-0.1, -0.05) is 48.5 Å². The Hall–Kier alpha value is -4.46. The Morgan fingerprint density at radius 1 is 1.03 bits per heavy atom. The lowest BCUT2D eigenvalue weighted by atomic mass is 10.0. The van der Waals surface area contributed by atoms with E-state index in [0.29, 0.717) is 17.9 Å². The van der Waals surface area contributed by atoms with Crippen molar-refractivity contribution in [1.82, 2.24) is 25.2 Å². The Kier molecular flexibility index (Phi) is 5.25. The van der Waals surface area contributed by atoms with Crippen LogP contribution in [0.2, 0.25) is 0 Å². The molecule has 0 saturated carbocycles. The number of ether oxygens (including phenoxy) is 1. The van der Waals surface area contributed by atoms with Crippen molar-refractivity contribution in [3.63, 3.8) is 0 Å². The van der Waals surface area contributed by atoms with Gasteiger partial charge in [0, 0.05) is 28.7 Å².